The smallest absolute Gasteiger partial charge is 0.309 e. The van der Waals surface area contributed by atoms with Crippen molar-refractivity contribution in [2.75, 3.05) is 26.2 Å². The van der Waals surface area contributed by atoms with Gasteiger partial charge in [0.1, 0.15) is 6.61 Å². The lowest BCUT2D eigenvalue weighted by atomic mass is 9.74. The number of nitrogens with zero attached hydrogens (tertiary/aromatic N) is 1. The van der Waals surface area contributed by atoms with E-state index in [4.69, 9.17) is 4.74 Å². The van der Waals surface area contributed by atoms with Gasteiger partial charge in [-0.3, -0.25) is 4.79 Å². The lowest BCUT2D eigenvalue weighted by Gasteiger charge is -2.32. The molecule has 0 aromatic rings. The van der Waals surface area contributed by atoms with Gasteiger partial charge in [-0.1, -0.05) is 53.4 Å². The Morgan fingerprint density at radius 3 is 2.29 bits per heavy atom. The number of ether oxygens (including phenoxy) is 1. The first kappa shape index (κ1) is 18.5. The van der Waals surface area contributed by atoms with E-state index in [1.54, 1.807) is 0 Å². The third kappa shape index (κ3) is 5.98. The average molecular weight is 297 g/mol. The molecule has 0 unspecified atom stereocenters. The summed E-state index contributed by atoms with van der Waals surface area (Å²) in [5, 5.41) is 0. The number of carbonyl (C=O) groups is 1. The Hall–Kier alpha value is -0.570. The molecule has 1 saturated carbocycles. The Morgan fingerprint density at radius 2 is 1.76 bits per heavy atom. The summed E-state index contributed by atoms with van der Waals surface area (Å²) in [7, 11) is 0. The van der Waals surface area contributed by atoms with Crippen LogP contribution in [0.25, 0.3) is 0 Å². The highest BCUT2D eigenvalue weighted by Crippen LogP contribution is 2.35. The normalized spacial score (nSPS) is 19.5. The van der Waals surface area contributed by atoms with Gasteiger partial charge in [-0.05, 0) is 37.8 Å². The zero-order chi connectivity index (χ0) is 15.7. The lowest BCUT2D eigenvalue weighted by Crippen LogP contribution is -2.34. The summed E-state index contributed by atoms with van der Waals surface area (Å²) in [6.45, 7) is 12.1. The first-order chi connectivity index (χ1) is 10.1. The quantitative estimate of drug-likeness (QED) is 0.600. The molecule has 0 heterocycles. The van der Waals surface area contributed by atoms with E-state index in [1.807, 2.05) is 0 Å². The van der Waals surface area contributed by atoms with Crippen LogP contribution >= 0.6 is 0 Å². The minimum atomic E-state index is 0.0587. The summed E-state index contributed by atoms with van der Waals surface area (Å²) in [6, 6.07) is 0. The SMILES string of the molecule is CC[C@@H](C)[C@H](C(=O)OCCN(CC)CC)C1CCCCC1. The van der Waals surface area contributed by atoms with E-state index in [0.717, 1.165) is 26.1 Å². The summed E-state index contributed by atoms with van der Waals surface area (Å²) >= 11 is 0. The molecule has 0 bridgehead atoms. The van der Waals surface area contributed by atoms with E-state index in [2.05, 4.69) is 32.6 Å². The maximum atomic E-state index is 12.6. The molecule has 0 aliphatic heterocycles. The van der Waals surface area contributed by atoms with Gasteiger partial charge in [0.2, 0.25) is 0 Å². The predicted molar refractivity (Wildman–Crippen MR) is 88.3 cm³/mol. The number of likely N-dealkylation sites (N-methyl/N-ethyl adjacent to an activating group) is 1. The standard InChI is InChI=1S/C18H35NO2/c1-5-15(4)17(16-11-9-8-10-12-16)18(20)21-14-13-19(6-2)7-3/h15-17H,5-14H2,1-4H3/t15-,17+/m1/s1. The van der Waals surface area contributed by atoms with E-state index in [0.29, 0.717) is 18.4 Å². The van der Waals surface area contributed by atoms with Crippen LogP contribution in [0.2, 0.25) is 0 Å². The van der Waals surface area contributed by atoms with Crippen LogP contribution in [-0.4, -0.2) is 37.1 Å². The fourth-order valence-electron chi connectivity index (χ4n) is 3.55. The van der Waals surface area contributed by atoms with Crippen molar-refractivity contribution in [1.82, 2.24) is 4.90 Å². The van der Waals surface area contributed by atoms with Gasteiger partial charge in [0, 0.05) is 6.54 Å². The first-order valence-electron chi connectivity index (χ1n) is 9.02. The number of hydrogen-bond donors (Lipinski definition) is 0. The van der Waals surface area contributed by atoms with Crippen molar-refractivity contribution in [1.29, 1.82) is 0 Å². The van der Waals surface area contributed by atoms with Crippen molar-refractivity contribution in [3.05, 3.63) is 0 Å². The fraction of sp³-hybridized carbons (Fsp3) is 0.944. The number of esters is 1. The lowest BCUT2D eigenvalue weighted by molar-refractivity contribution is -0.153. The van der Waals surface area contributed by atoms with E-state index in [1.165, 1.54) is 32.1 Å². The minimum absolute atomic E-state index is 0.0587. The minimum Gasteiger partial charge on any atom is -0.464 e. The Bertz CT molecular complexity index is 283. The molecule has 3 heteroatoms. The molecule has 0 radical (unpaired) electrons. The van der Waals surface area contributed by atoms with Crippen molar-refractivity contribution < 1.29 is 9.53 Å². The van der Waals surface area contributed by atoms with E-state index in [9.17, 15) is 4.79 Å². The van der Waals surface area contributed by atoms with Gasteiger partial charge in [-0.25, -0.2) is 0 Å². The second-order valence-electron chi connectivity index (χ2n) is 6.50. The van der Waals surface area contributed by atoms with Crippen LogP contribution in [0.4, 0.5) is 0 Å². The molecule has 3 nitrogen and oxygen atoms in total. The first-order valence-corrected chi connectivity index (χ1v) is 9.02. The molecule has 21 heavy (non-hydrogen) atoms. The molecule has 0 N–H and O–H groups in total. The second-order valence-corrected chi connectivity index (χ2v) is 6.50. The third-order valence-corrected chi connectivity index (χ3v) is 5.23. The molecule has 124 valence electrons. The second kappa shape index (κ2) is 10.2. The molecule has 1 aliphatic rings. The Kier molecular flexibility index (Phi) is 8.98. The largest absolute Gasteiger partial charge is 0.464 e. The summed E-state index contributed by atoms with van der Waals surface area (Å²) in [5.74, 6) is 1.17. The zero-order valence-corrected chi connectivity index (χ0v) is 14.6. The summed E-state index contributed by atoms with van der Waals surface area (Å²) in [4.78, 5) is 14.9. The molecule has 1 rings (SSSR count). The maximum Gasteiger partial charge on any atom is 0.309 e. The summed E-state index contributed by atoms with van der Waals surface area (Å²) < 4.78 is 5.63. The molecule has 1 fully saturated rings. The molecule has 0 aromatic carbocycles. The fourth-order valence-corrected chi connectivity index (χ4v) is 3.55. The van der Waals surface area contributed by atoms with Gasteiger partial charge in [0.05, 0.1) is 5.92 Å². The summed E-state index contributed by atoms with van der Waals surface area (Å²) in [6.07, 6.45) is 7.38. The van der Waals surface area contributed by atoms with Crippen LogP contribution in [-0.2, 0) is 9.53 Å². The van der Waals surface area contributed by atoms with Crippen molar-refractivity contribution in [3.8, 4) is 0 Å². The molecule has 0 aromatic heterocycles. The predicted octanol–water partition coefficient (Wildman–Crippen LogP) is 4.11. The zero-order valence-electron chi connectivity index (χ0n) is 14.6. The number of rotatable bonds is 9. The summed E-state index contributed by atoms with van der Waals surface area (Å²) in [5.41, 5.74) is 0. The van der Waals surface area contributed by atoms with Gasteiger partial charge in [-0.15, -0.1) is 0 Å². The highest BCUT2D eigenvalue weighted by molar-refractivity contribution is 5.73. The third-order valence-electron chi connectivity index (χ3n) is 5.23. The highest BCUT2D eigenvalue weighted by Gasteiger charge is 2.34. The average Bonchev–Trinajstić information content (AvgIpc) is 2.52. The van der Waals surface area contributed by atoms with Gasteiger partial charge in [0.15, 0.2) is 0 Å². The Labute approximate surface area is 131 Å². The van der Waals surface area contributed by atoms with Crippen molar-refractivity contribution in [2.45, 2.75) is 66.2 Å². The van der Waals surface area contributed by atoms with Crippen molar-refractivity contribution in [3.63, 3.8) is 0 Å². The van der Waals surface area contributed by atoms with Crippen molar-refractivity contribution >= 4 is 5.97 Å². The topological polar surface area (TPSA) is 29.5 Å². The molecule has 0 amide bonds. The Balaban J connectivity index is 2.51. The maximum absolute atomic E-state index is 12.6. The van der Waals surface area contributed by atoms with Crippen molar-refractivity contribution in [2.24, 2.45) is 17.8 Å². The number of carbonyl (C=O) groups excluding carboxylic acids is 1. The molecule has 1 aliphatic carbocycles. The van der Waals surface area contributed by atoms with Crippen LogP contribution < -0.4 is 0 Å². The van der Waals surface area contributed by atoms with Gasteiger partial charge in [-0.2, -0.15) is 0 Å². The molecular weight excluding hydrogens is 262 g/mol. The monoisotopic (exact) mass is 297 g/mol. The van der Waals surface area contributed by atoms with Gasteiger partial charge < -0.3 is 9.64 Å². The van der Waals surface area contributed by atoms with E-state index in [-0.39, 0.29) is 11.9 Å². The molecular formula is C18H35NO2. The molecule has 2 atom stereocenters. The van der Waals surface area contributed by atoms with E-state index < -0.39 is 0 Å². The molecule has 0 spiro atoms. The highest BCUT2D eigenvalue weighted by atomic mass is 16.5. The van der Waals surface area contributed by atoms with Crippen LogP contribution in [0.15, 0.2) is 0 Å². The van der Waals surface area contributed by atoms with E-state index >= 15 is 0 Å². The molecule has 0 saturated heterocycles. The van der Waals surface area contributed by atoms with Crippen LogP contribution in [0.5, 0.6) is 0 Å². The number of hydrogen-bond acceptors (Lipinski definition) is 3. The van der Waals surface area contributed by atoms with Crippen LogP contribution in [0.3, 0.4) is 0 Å². The van der Waals surface area contributed by atoms with Gasteiger partial charge in [0.25, 0.3) is 0 Å². The van der Waals surface area contributed by atoms with Gasteiger partial charge >= 0.3 is 5.97 Å². The van der Waals surface area contributed by atoms with Crippen LogP contribution in [0.1, 0.15) is 66.2 Å². The van der Waals surface area contributed by atoms with Crippen LogP contribution in [0, 0.1) is 17.8 Å². The Morgan fingerprint density at radius 1 is 1.14 bits per heavy atom.